The summed E-state index contributed by atoms with van der Waals surface area (Å²) in [7, 11) is 0. The first-order valence-corrected chi connectivity index (χ1v) is 32.7. The van der Waals surface area contributed by atoms with E-state index in [-0.39, 0.29) is 25.2 Å². The van der Waals surface area contributed by atoms with Gasteiger partial charge in [-0.15, -0.1) is 0 Å². The molecule has 73 heavy (non-hydrogen) atoms. The number of unbranched alkanes of at least 4 members (excludes halogenated alkanes) is 45. The first-order chi connectivity index (χ1) is 36.1. The highest BCUT2D eigenvalue weighted by molar-refractivity contribution is 5.70. The molecule has 0 aliphatic heterocycles. The summed E-state index contributed by atoms with van der Waals surface area (Å²) in [6.45, 7) is 4.08. The summed E-state index contributed by atoms with van der Waals surface area (Å²) in [4.78, 5) is 24.6. The summed E-state index contributed by atoms with van der Waals surface area (Å²) in [5.74, 6) is -0.566. The first-order valence-electron chi connectivity index (χ1n) is 32.7. The van der Waals surface area contributed by atoms with Gasteiger partial charge in [0, 0.05) is 12.8 Å². The molecule has 0 saturated carbocycles. The predicted molar refractivity (Wildman–Crippen MR) is 321 cm³/mol. The average Bonchev–Trinajstić information content (AvgIpc) is 3.39. The number of ether oxygens (including phenoxy) is 2. The van der Waals surface area contributed by atoms with Crippen molar-refractivity contribution in [3.8, 4) is 0 Å². The fraction of sp³-hybridized carbons (Fsp3) is 0.853. The lowest BCUT2D eigenvalue weighted by Crippen LogP contribution is -2.28. The Hall–Kier alpha value is -2.14. The number of allylic oxidation sites excluding steroid dienone is 8. The van der Waals surface area contributed by atoms with E-state index >= 15 is 0 Å². The van der Waals surface area contributed by atoms with E-state index in [0.29, 0.717) is 12.8 Å². The van der Waals surface area contributed by atoms with E-state index in [9.17, 15) is 14.7 Å². The van der Waals surface area contributed by atoms with Gasteiger partial charge in [-0.25, -0.2) is 0 Å². The van der Waals surface area contributed by atoms with Crippen LogP contribution in [0.2, 0.25) is 0 Å². The molecule has 0 aliphatic rings. The molecular weight excluding hydrogens is 897 g/mol. The molecule has 5 heteroatoms. The van der Waals surface area contributed by atoms with Crippen LogP contribution in [0.1, 0.15) is 354 Å². The lowest BCUT2D eigenvalue weighted by Gasteiger charge is -2.15. The molecule has 0 aliphatic carbocycles. The third kappa shape index (κ3) is 62.3. The van der Waals surface area contributed by atoms with Gasteiger partial charge in [-0.2, -0.15) is 0 Å². The quantitative estimate of drug-likeness (QED) is 0.0373. The van der Waals surface area contributed by atoms with Crippen molar-refractivity contribution < 1.29 is 24.2 Å². The zero-order valence-corrected chi connectivity index (χ0v) is 49.2. The molecule has 0 saturated heterocycles. The van der Waals surface area contributed by atoms with Crippen molar-refractivity contribution in [1.82, 2.24) is 0 Å². The predicted octanol–water partition coefficient (Wildman–Crippen LogP) is 22.4. The summed E-state index contributed by atoms with van der Waals surface area (Å²) in [5, 5.41) is 9.68. The highest BCUT2D eigenvalue weighted by Crippen LogP contribution is 2.19. The highest BCUT2D eigenvalue weighted by Gasteiger charge is 2.16. The molecular formula is C68H126O5. The van der Waals surface area contributed by atoms with E-state index in [4.69, 9.17) is 9.47 Å². The Balaban J connectivity index is 3.37. The number of rotatable bonds is 61. The van der Waals surface area contributed by atoms with Crippen molar-refractivity contribution in [2.45, 2.75) is 360 Å². The van der Waals surface area contributed by atoms with Crippen LogP contribution in [0.3, 0.4) is 0 Å². The third-order valence-corrected chi connectivity index (χ3v) is 14.9. The van der Waals surface area contributed by atoms with E-state index < -0.39 is 6.10 Å². The molecule has 0 amide bonds. The number of aliphatic hydroxyl groups is 1. The number of carbonyl (C=O) groups excluding carboxylic acids is 2. The van der Waals surface area contributed by atoms with Gasteiger partial charge < -0.3 is 14.6 Å². The van der Waals surface area contributed by atoms with E-state index in [2.05, 4.69) is 62.5 Å². The average molecular weight is 1020 g/mol. The van der Waals surface area contributed by atoms with E-state index in [1.807, 2.05) is 0 Å². The SMILES string of the molecule is CC/C=C\C/C=C\C/C=C\C/C=C\CCCCCCCCCCCCCCCCCCCCCCCCCCCCC(=O)OC(CO)COC(=O)CCCCCCCCCCCCCCCCCCCCCC. The number of carbonyl (C=O) groups is 2. The van der Waals surface area contributed by atoms with Gasteiger partial charge in [0.05, 0.1) is 6.61 Å². The zero-order chi connectivity index (χ0) is 52.7. The molecule has 1 N–H and O–H groups in total. The molecule has 0 aromatic carbocycles. The number of esters is 2. The van der Waals surface area contributed by atoms with Crippen molar-refractivity contribution >= 4 is 11.9 Å². The van der Waals surface area contributed by atoms with Crippen molar-refractivity contribution in [2.24, 2.45) is 0 Å². The van der Waals surface area contributed by atoms with Gasteiger partial charge in [-0.05, 0) is 51.4 Å². The Bertz CT molecular complexity index is 1200. The second-order valence-electron chi connectivity index (χ2n) is 22.2. The van der Waals surface area contributed by atoms with Gasteiger partial charge in [0.15, 0.2) is 6.10 Å². The van der Waals surface area contributed by atoms with Gasteiger partial charge in [0.25, 0.3) is 0 Å². The maximum Gasteiger partial charge on any atom is 0.306 e. The Morgan fingerprint density at radius 2 is 0.589 bits per heavy atom. The Labute approximate surface area is 456 Å². The fourth-order valence-corrected chi connectivity index (χ4v) is 10.0. The molecule has 0 heterocycles. The summed E-state index contributed by atoms with van der Waals surface area (Å²) < 4.78 is 10.7. The molecule has 0 radical (unpaired) electrons. The molecule has 1 atom stereocenters. The minimum atomic E-state index is -0.768. The molecule has 0 aromatic rings. The minimum Gasteiger partial charge on any atom is -0.462 e. The van der Waals surface area contributed by atoms with Crippen LogP contribution in [-0.4, -0.2) is 36.4 Å². The van der Waals surface area contributed by atoms with Crippen LogP contribution >= 0.6 is 0 Å². The van der Waals surface area contributed by atoms with Crippen LogP contribution in [-0.2, 0) is 19.1 Å². The van der Waals surface area contributed by atoms with Crippen molar-refractivity contribution in [3.05, 3.63) is 48.6 Å². The molecule has 1 unspecified atom stereocenters. The maximum absolute atomic E-state index is 12.3. The molecule has 0 fully saturated rings. The van der Waals surface area contributed by atoms with E-state index in [1.165, 1.54) is 270 Å². The smallest absolute Gasteiger partial charge is 0.306 e. The summed E-state index contributed by atoms with van der Waals surface area (Å²) >= 11 is 0. The van der Waals surface area contributed by atoms with Gasteiger partial charge in [-0.1, -0.05) is 339 Å². The van der Waals surface area contributed by atoms with Crippen LogP contribution in [0, 0.1) is 0 Å². The standard InChI is InChI=1S/C68H126O5/c1-3-5-7-9-11-13-15-17-19-21-23-25-26-27-28-29-30-31-32-33-34-35-36-37-38-39-40-41-42-43-45-47-49-51-53-55-57-59-61-63-68(71)73-66(64-69)65-72-67(70)62-60-58-56-54-52-50-48-46-44-24-22-20-18-16-14-12-10-8-6-4-2/h5,7,11,13,17,19,23,25,66,69H,3-4,6,8-10,12,14-16,18,20-22,24,26-65H2,1-2H3/b7-5-,13-11-,19-17-,25-23-. The number of hydrogen-bond donors (Lipinski definition) is 1. The molecule has 428 valence electrons. The van der Waals surface area contributed by atoms with Crippen LogP contribution < -0.4 is 0 Å². The van der Waals surface area contributed by atoms with Crippen molar-refractivity contribution in [3.63, 3.8) is 0 Å². The maximum atomic E-state index is 12.3. The molecule has 0 rings (SSSR count). The molecule has 5 nitrogen and oxygen atoms in total. The van der Waals surface area contributed by atoms with Gasteiger partial charge in [0.2, 0.25) is 0 Å². The largest absolute Gasteiger partial charge is 0.462 e. The van der Waals surface area contributed by atoms with Crippen LogP contribution in [0.4, 0.5) is 0 Å². The van der Waals surface area contributed by atoms with Gasteiger partial charge in [-0.3, -0.25) is 9.59 Å². The van der Waals surface area contributed by atoms with Crippen molar-refractivity contribution in [1.29, 1.82) is 0 Å². The van der Waals surface area contributed by atoms with E-state index in [0.717, 1.165) is 57.8 Å². The first kappa shape index (κ1) is 70.9. The number of aliphatic hydroxyl groups excluding tert-OH is 1. The summed E-state index contributed by atoms with van der Waals surface area (Å²) in [5.41, 5.74) is 0. The second-order valence-corrected chi connectivity index (χ2v) is 22.2. The topological polar surface area (TPSA) is 72.8 Å². The normalized spacial score (nSPS) is 12.4. The summed E-state index contributed by atoms with van der Waals surface area (Å²) in [6.07, 6.45) is 85.7. The molecule has 0 bridgehead atoms. The van der Waals surface area contributed by atoms with Crippen LogP contribution in [0.5, 0.6) is 0 Å². The Kier molecular flexibility index (Phi) is 62.3. The summed E-state index contributed by atoms with van der Waals surface area (Å²) in [6, 6.07) is 0. The minimum absolute atomic E-state index is 0.0584. The van der Waals surface area contributed by atoms with Gasteiger partial charge >= 0.3 is 11.9 Å². The Morgan fingerprint density at radius 3 is 0.890 bits per heavy atom. The third-order valence-electron chi connectivity index (χ3n) is 14.9. The highest BCUT2D eigenvalue weighted by atomic mass is 16.6. The van der Waals surface area contributed by atoms with Crippen LogP contribution in [0.15, 0.2) is 48.6 Å². The van der Waals surface area contributed by atoms with Crippen molar-refractivity contribution in [2.75, 3.05) is 13.2 Å². The van der Waals surface area contributed by atoms with Crippen LogP contribution in [0.25, 0.3) is 0 Å². The zero-order valence-electron chi connectivity index (χ0n) is 49.2. The Morgan fingerprint density at radius 1 is 0.329 bits per heavy atom. The number of hydrogen-bond acceptors (Lipinski definition) is 5. The second kappa shape index (κ2) is 64.1. The lowest BCUT2D eigenvalue weighted by atomic mass is 10.0. The fourth-order valence-electron chi connectivity index (χ4n) is 10.0. The van der Waals surface area contributed by atoms with E-state index in [1.54, 1.807) is 0 Å². The van der Waals surface area contributed by atoms with Gasteiger partial charge in [0.1, 0.15) is 6.61 Å². The molecule has 0 spiro atoms. The molecule has 0 aromatic heterocycles. The monoisotopic (exact) mass is 1020 g/mol. The lowest BCUT2D eigenvalue weighted by molar-refractivity contribution is -0.161.